The van der Waals surface area contributed by atoms with Crippen LogP contribution in [0.3, 0.4) is 0 Å². The fourth-order valence-electron chi connectivity index (χ4n) is 1.39. The molecule has 4 heteroatoms. The zero-order valence-corrected chi connectivity index (χ0v) is 11.3. The summed E-state index contributed by atoms with van der Waals surface area (Å²) in [6.07, 6.45) is 1.66. The predicted molar refractivity (Wildman–Crippen MR) is 74.0 cm³/mol. The van der Waals surface area contributed by atoms with Crippen molar-refractivity contribution >= 4 is 11.6 Å². The van der Waals surface area contributed by atoms with Gasteiger partial charge in [0.2, 0.25) is 5.91 Å². The molecule has 1 amide bonds. The number of carbonyl (C=O) groups is 1. The van der Waals surface area contributed by atoms with E-state index in [1.165, 1.54) is 0 Å². The SMILES string of the molecule is CCC(C)Oc1ccc(NC(=O)CCNC)cc1. The van der Waals surface area contributed by atoms with Crippen molar-refractivity contribution < 1.29 is 9.53 Å². The number of carbonyl (C=O) groups excluding carboxylic acids is 1. The fraction of sp³-hybridized carbons (Fsp3) is 0.500. The Hall–Kier alpha value is -1.55. The normalized spacial score (nSPS) is 11.9. The Balaban J connectivity index is 2.47. The van der Waals surface area contributed by atoms with Crippen LogP contribution in [-0.2, 0) is 4.79 Å². The predicted octanol–water partition coefficient (Wildman–Crippen LogP) is 2.41. The van der Waals surface area contributed by atoms with Gasteiger partial charge < -0.3 is 15.4 Å². The van der Waals surface area contributed by atoms with Crippen LogP contribution in [0.25, 0.3) is 0 Å². The standard InChI is InChI=1S/C14H22N2O2/c1-4-11(2)18-13-7-5-12(6-8-13)16-14(17)9-10-15-3/h5-8,11,15H,4,9-10H2,1-3H3,(H,16,17). The fourth-order valence-corrected chi connectivity index (χ4v) is 1.39. The van der Waals surface area contributed by atoms with Gasteiger partial charge in [-0.3, -0.25) is 4.79 Å². The Bertz CT molecular complexity index is 363. The number of amides is 1. The van der Waals surface area contributed by atoms with Crippen molar-refractivity contribution in [3.05, 3.63) is 24.3 Å². The first-order valence-corrected chi connectivity index (χ1v) is 6.37. The van der Waals surface area contributed by atoms with E-state index in [4.69, 9.17) is 4.74 Å². The lowest BCUT2D eigenvalue weighted by atomic mass is 10.2. The molecule has 0 heterocycles. The lowest BCUT2D eigenvalue weighted by Gasteiger charge is -2.13. The van der Waals surface area contributed by atoms with Crippen LogP contribution in [0, 0.1) is 0 Å². The van der Waals surface area contributed by atoms with Crippen molar-refractivity contribution in [2.75, 3.05) is 18.9 Å². The number of hydrogen-bond donors (Lipinski definition) is 2. The van der Waals surface area contributed by atoms with Gasteiger partial charge in [-0.15, -0.1) is 0 Å². The molecule has 0 aliphatic heterocycles. The van der Waals surface area contributed by atoms with E-state index in [1.54, 1.807) is 0 Å². The van der Waals surface area contributed by atoms with Crippen molar-refractivity contribution in [1.82, 2.24) is 5.32 Å². The third-order valence-electron chi connectivity index (χ3n) is 2.65. The number of rotatable bonds is 7. The lowest BCUT2D eigenvalue weighted by Crippen LogP contribution is -2.18. The second-order valence-electron chi connectivity index (χ2n) is 4.26. The van der Waals surface area contributed by atoms with E-state index in [0.717, 1.165) is 17.9 Å². The smallest absolute Gasteiger partial charge is 0.225 e. The van der Waals surface area contributed by atoms with E-state index < -0.39 is 0 Å². The summed E-state index contributed by atoms with van der Waals surface area (Å²) in [5.74, 6) is 0.845. The Morgan fingerprint density at radius 1 is 1.33 bits per heavy atom. The molecule has 2 N–H and O–H groups in total. The average molecular weight is 250 g/mol. The first kappa shape index (κ1) is 14.5. The van der Waals surface area contributed by atoms with E-state index >= 15 is 0 Å². The van der Waals surface area contributed by atoms with E-state index in [9.17, 15) is 4.79 Å². The average Bonchev–Trinajstić information content (AvgIpc) is 2.38. The van der Waals surface area contributed by atoms with Gasteiger partial charge in [0.1, 0.15) is 5.75 Å². The van der Waals surface area contributed by atoms with Gasteiger partial charge in [0.25, 0.3) is 0 Å². The third kappa shape index (κ3) is 5.19. The lowest BCUT2D eigenvalue weighted by molar-refractivity contribution is -0.116. The van der Waals surface area contributed by atoms with Crippen LogP contribution >= 0.6 is 0 Å². The molecule has 1 atom stereocenters. The van der Waals surface area contributed by atoms with Gasteiger partial charge in [0.15, 0.2) is 0 Å². The molecule has 1 rings (SSSR count). The maximum atomic E-state index is 11.5. The van der Waals surface area contributed by atoms with Crippen LogP contribution in [0.5, 0.6) is 5.75 Å². The summed E-state index contributed by atoms with van der Waals surface area (Å²) in [5, 5.41) is 5.78. The molecule has 0 saturated carbocycles. The van der Waals surface area contributed by atoms with E-state index in [2.05, 4.69) is 17.6 Å². The number of benzene rings is 1. The highest BCUT2D eigenvalue weighted by Gasteiger charge is 2.03. The van der Waals surface area contributed by atoms with E-state index in [-0.39, 0.29) is 12.0 Å². The Morgan fingerprint density at radius 3 is 2.56 bits per heavy atom. The van der Waals surface area contributed by atoms with Crippen molar-refractivity contribution in [1.29, 1.82) is 0 Å². The summed E-state index contributed by atoms with van der Waals surface area (Å²) in [7, 11) is 1.83. The van der Waals surface area contributed by atoms with Crippen molar-refractivity contribution in [2.45, 2.75) is 32.8 Å². The Labute approximate surface area is 109 Å². The van der Waals surface area contributed by atoms with Crippen LogP contribution in [0.15, 0.2) is 24.3 Å². The maximum Gasteiger partial charge on any atom is 0.225 e. The molecule has 1 aromatic carbocycles. The van der Waals surface area contributed by atoms with Crippen molar-refractivity contribution in [3.63, 3.8) is 0 Å². The van der Waals surface area contributed by atoms with Crippen molar-refractivity contribution in [2.24, 2.45) is 0 Å². The van der Waals surface area contributed by atoms with Crippen molar-refractivity contribution in [3.8, 4) is 5.75 Å². The molecule has 0 spiro atoms. The Kier molecular flexibility index (Phi) is 6.22. The molecule has 0 fully saturated rings. The first-order chi connectivity index (χ1) is 8.65. The van der Waals surface area contributed by atoms with Crippen LogP contribution in [0.1, 0.15) is 26.7 Å². The molecule has 18 heavy (non-hydrogen) atoms. The molecule has 1 aromatic rings. The topological polar surface area (TPSA) is 50.4 Å². The van der Waals surface area contributed by atoms with Crippen LogP contribution < -0.4 is 15.4 Å². The number of nitrogens with one attached hydrogen (secondary N) is 2. The Morgan fingerprint density at radius 2 is 2.00 bits per heavy atom. The minimum Gasteiger partial charge on any atom is -0.491 e. The summed E-state index contributed by atoms with van der Waals surface area (Å²) in [4.78, 5) is 11.5. The molecule has 0 aliphatic rings. The van der Waals surface area contributed by atoms with Gasteiger partial charge in [0.05, 0.1) is 6.10 Å². The van der Waals surface area contributed by atoms with E-state index in [1.807, 2.05) is 38.2 Å². The molecule has 0 aliphatic carbocycles. The second kappa shape index (κ2) is 7.71. The summed E-state index contributed by atoms with van der Waals surface area (Å²) in [6.45, 7) is 4.80. The molecule has 0 bridgehead atoms. The third-order valence-corrected chi connectivity index (χ3v) is 2.65. The van der Waals surface area contributed by atoms with Gasteiger partial charge in [0, 0.05) is 18.7 Å². The quantitative estimate of drug-likeness (QED) is 0.781. The monoisotopic (exact) mass is 250 g/mol. The van der Waals surface area contributed by atoms with Gasteiger partial charge >= 0.3 is 0 Å². The number of anilines is 1. The molecule has 100 valence electrons. The molecule has 4 nitrogen and oxygen atoms in total. The highest BCUT2D eigenvalue weighted by molar-refractivity contribution is 5.90. The molecule has 0 saturated heterocycles. The van der Waals surface area contributed by atoms with Gasteiger partial charge in [-0.25, -0.2) is 0 Å². The largest absolute Gasteiger partial charge is 0.491 e. The zero-order valence-electron chi connectivity index (χ0n) is 11.3. The number of hydrogen-bond acceptors (Lipinski definition) is 3. The molecule has 1 unspecified atom stereocenters. The molecular formula is C14H22N2O2. The summed E-state index contributed by atoms with van der Waals surface area (Å²) < 4.78 is 5.67. The van der Waals surface area contributed by atoms with Gasteiger partial charge in [-0.2, -0.15) is 0 Å². The summed E-state index contributed by atoms with van der Waals surface area (Å²) >= 11 is 0. The minimum absolute atomic E-state index is 0.0138. The first-order valence-electron chi connectivity index (χ1n) is 6.37. The molecular weight excluding hydrogens is 228 g/mol. The number of ether oxygens (including phenoxy) is 1. The van der Waals surface area contributed by atoms with Crippen LogP contribution in [0.2, 0.25) is 0 Å². The van der Waals surface area contributed by atoms with Gasteiger partial charge in [-0.05, 0) is 44.7 Å². The highest BCUT2D eigenvalue weighted by atomic mass is 16.5. The molecule has 0 radical (unpaired) electrons. The maximum absolute atomic E-state index is 11.5. The van der Waals surface area contributed by atoms with Gasteiger partial charge in [-0.1, -0.05) is 6.92 Å². The minimum atomic E-state index is 0.0138. The summed E-state index contributed by atoms with van der Waals surface area (Å²) in [5.41, 5.74) is 0.799. The summed E-state index contributed by atoms with van der Waals surface area (Å²) in [6, 6.07) is 7.46. The zero-order chi connectivity index (χ0) is 13.4. The van der Waals surface area contributed by atoms with Crippen LogP contribution in [-0.4, -0.2) is 25.6 Å². The second-order valence-corrected chi connectivity index (χ2v) is 4.26. The molecule has 0 aromatic heterocycles. The van der Waals surface area contributed by atoms with E-state index in [0.29, 0.717) is 13.0 Å². The highest BCUT2D eigenvalue weighted by Crippen LogP contribution is 2.17. The van der Waals surface area contributed by atoms with Crippen LogP contribution in [0.4, 0.5) is 5.69 Å².